The van der Waals surface area contributed by atoms with Crippen molar-refractivity contribution in [3.63, 3.8) is 0 Å². The third-order valence-electron chi connectivity index (χ3n) is 3.62. The van der Waals surface area contributed by atoms with E-state index in [9.17, 15) is 9.59 Å². The molecule has 0 saturated heterocycles. The molecule has 2 aromatic rings. The standard InChI is InChI=1S/C18H16Cl2N2O4/c19-13-4-2-11(8-14(13)20)18(24)21-10-17(23)22-12-3-5-15-16(9-12)26-7-1-6-25-15/h2-5,8-9H,1,6-7,10H2,(H,21,24)(H,22,23). The number of amides is 2. The number of ether oxygens (including phenoxy) is 2. The highest BCUT2D eigenvalue weighted by molar-refractivity contribution is 6.42. The lowest BCUT2D eigenvalue weighted by molar-refractivity contribution is -0.115. The average molecular weight is 395 g/mol. The van der Waals surface area contributed by atoms with Gasteiger partial charge in [0, 0.05) is 23.7 Å². The van der Waals surface area contributed by atoms with Crippen LogP contribution in [0.5, 0.6) is 11.5 Å². The highest BCUT2D eigenvalue weighted by Gasteiger charge is 2.13. The molecule has 2 N–H and O–H groups in total. The molecular formula is C18H16Cl2N2O4. The number of rotatable bonds is 4. The van der Waals surface area contributed by atoms with Crippen LogP contribution in [0.3, 0.4) is 0 Å². The van der Waals surface area contributed by atoms with E-state index in [1.807, 2.05) is 0 Å². The van der Waals surface area contributed by atoms with Gasteiger partial charge in [0.1, 0.15) is 0 Å². The third-order valence-corrected chi connectivity index (χ3v) is 4.36. The number of hydrogen-bond donors (Lipinski definition) is 2. The molecule has 136 valence electrons. The van der Waals surface area contributed by atoms with Crippen LogP contribution in [-0.4, -0.2) is 31.6 Å². The molecule has 1 heterocycles. The van der Waals surface area contributed by atoms with E-state index < -0.39 is 5.91 Å². The highest BCUT2D eigenvalue weighted by Crippen LogP contribution is 2.32. The van der Waals surface area contributed by atoms with Gasteiger partial charge in [-0.2, -0.15) is 0 Å². The number of nitrogens with one attached hydrogen (secondary N) is 2. The lowest BCUT2D eigenvalue weighted by Gasteiger charge is -2.11. The second kappa shape index (κ2) is 8.29. The van der Waals surface area contributed by atoms with Gasteiger partial charge in [-0.05, 0) is 30.3 Å². The summed E-state index contributed by atoms with van der Waals surface area (Å²) in [4.78, 5) is 24.1. The molecule has 0 atom stereocenters. The van der Waals surface area contributed by atoms with Gasteiger partial charge in [0.15, 0.2) is 11.5 Å². The number of carbonyl (C=O) groups excluding carboxylic acids is 2. The van der Waals surface area contributed by atoms with Gasteiger partial charge < -0.3 is 20.1 Å². The number of carbonyl (C=O) groups is 2. The second-order valence-corrected chi connectivity index (χ2v) is 6.39. The summed E-state index contributed by atoms with van der Waals surface area (Å²) in [7, 11) is 0. The van der Waals surface area contributed by atoms with E-state index in [0.29, 0.717) is 41.0 Å². The van der Waals surface area contributed by atoms with Gasteiger partial charge in [-0.3, -0.25) is 9.59 Å². The second-order valence-electron chi connectivity index (χ2n) is 5.57. The summed E-state index contributed by atoms with van der Waals surface area (Å²) < 4.78 is 11.1. The van der Waals surface area contributed by atoms with E-state index >= 15 is 0 Å². The predicted molar refractivity (Wildman–Crippen MR) is 99.5 cm³/mol. The first-order valence-electron chi connectivity index (χ1n) is 7.95. The SMILES string of the molecule is O=C(CNC(=O)c1ccc(Cl)c(Cl)c1)Nc1ccc2c(c1)OCCCO2. The van der Waals surface area contributed by atoms with Crippen molar-refractivity contribution < 1.29 is 19.1 Å². The van der Waals surface area contributed by atoms with E-state index in [0.717, 1.165) is 6.42 Å². The van der Waals surface area contributed by atoms with Crippen LogP contribution in [-0.2, 0) is 4.79 Å². The van der Waals surface area contributed by atoms with Crippen LogP contribution >= 0.6 is 23.2 Å². The van der Waals surface area contributed by atoms with Crippen LogP contribution in [0.4, 0.5) is 5.69 Å². The smallest absolute Gasteiger partial charge is 0.251 e. The van der Waals surface area contributed by atoms with Crippen LogP contribution < -0.4 is 20.1 Å². The van der Waals surface area contributed by atoms with Crippen LogP contribution in [0.2, 0.25) is 10.0 Å². The van der Waals surface area contributed by atoms with Crippen LogP contribution in [0.1, 0.15) is 16.8 Å². The summed E-state index contributed by atoms with van der Waals surface area (Å²) >= 11 is 11.7. The topological polar surface area (TPSA) is 76.7 Å². The van der Waals surface area contributed by atoms with Crippen molar-refractivity contribution in [2.24, 2.45) is 0 Å². The zero-order valence-electron chi connectivity index (χ0n) is 13.7. The summed E-state index contributed by atoms with van der Waals surface area (Å²) in [6.45, 7) is 0.969. The van der Waals surface area contributed by atoms with Crippen LogP contribution in [0, 0.1) is 0 Å². The Morgan fingerprint density at radius 2 is 1.73 bits per heavy atom. The molecule has 0 radical (unpaired) electrons. The zero-order valence-corrected chi connectivity index (χ0v) is 15.2. The maximum Gasteiger partial charge on any atom is 0.251 e. The zero-order chi connectivity index (χ0) is 18.5. The van der Waals surface area contributed by atoms with E-state index in [2.05, 4.69) is 10.6 Å². The Balaban J connectivity index is 1.56. The number of benzene rings is 2. The first-order chi connectivity index (χ1) is 12.5. The molecule has 1 aliphatic heterocycles. The molecule has 0 unspecified atom stereocenters. The highest BCUT2D eigenvalue weighted by atomic mass is 35.5. The van der Waals surface area contributed by atoms with E-state index in [1.54, 1.807) is 18.2 Å². The number of hydrogen-bond acceptors (Lipinski definition) is 4. The maximum atomic E-state index is 12.1. The molecule has 2 amide bonds. The Bertz CT molecular complexity index is 842. The number of halogens is 2. The van der Waals surface area contributed by atoms with Crippen molar-refractivity contribution in [3.8, 4) is 11.5 Å². The summed E-state index contributed by atoms with van der Waals surface area (Å²) in [5, 5.41) is 5.86. The van der Waals surface area contributed by atoms with Crippen molar-refractivity contribution in [2.75, 3.05) is 25.1 Å². The minimum atomic E-state index is -0.419. The molecule has 0 fully saturated rings. The van der Waals surface area contributed by atoms with Crippen LogP contribution in [0.25, 0.3) is 0 Å². The monoisotopic (exact) mass is 394 g/mol. The summed E-state index contributed by atoms with van der Waals surface area (Å²) in [5.74, 6) is 0.443. The van der Waals surface area contributed by atoms with Gasteiger partial charge in [0.2, 0.25) is 5.91 Å². The molecule has 26 heavy (non-hydrogen) atoms. The maximum absolute atomic E-state index is 12.1. The Labute approximate surface area is 160 Å². The van der Waals surface area contributed by atoms with E-state index in [-0.39, 0.29) is 17.5 Å². The minimum Gasteiger partial charge on any atom is -0.490 e. The molecule has 0 aromatic heterocycles. The van der Waals surface area contributed by atoms with E-state index in [1.165, 1.54) is 18.2 Å². The fraction of sp³-hybridized carbons (Fsp3) is 0.222. The molecule has 6 nitrogen and oxygen atoms in total. The fourth-order valence-electron chi connectivity index (χ4n) is 2.35. The molecule has 0 bridgehead atoms. The summed E-state index contributed by atoms with van der Waals surface area (Å²) in [6, 6.07) is 9.65. The molecular weight excluding hydrogens is 379 g/mol. The summed E-state index contributed by atoms with van der Waals surface area (Å²) in [6.07, 6.45) is 0.803. The van der Waals surface area contributed by atoms with Crippen molar-refractivity contribution in [1.29, 1.82) is 0 Å². The Morgan fingerprint density at radius 1 is 0.962 bits per heavy atom. The lowest BCUT2D eigenvalue weighted by atomic mass is 10.2. The minimum absolute atomic E-state index is 0.187. The first kappa shape index (κ1) is 18.4. The number of anilines is 1. The average Bonchev–Trinajstić information content (AvgIpc) is 2.87. The van der Waals surface area contributed by atoms with Gasteiger partial charge in [-0.1, -0.05) is 23.2 Å². The Kier molecular flexibility index (Phi) is 5.85. The molecule has 0 spiro atoms. The van der Waals surface area contributed by atoms with Crippen molar-refractivity contribution >= 4 is 40.7 Å². The Morgan fingerprint density at radius 3 is 2.50 bits per heavy atom. The first-order valence-corrected chi connectivity index (χ1v) is 8.71. The van der Waals surface area contributed by atoms with E-state index in [4.69, 9.17) is 32.7 Å². The van der Waals surface area contributed by atoms with Gasteiger partial charge >= 0.3 is 0 Å². The van der Waals surface area contributed by atoms with Gasteiger partial charge in [0.25, 0.3) is 5.91 Å². The van der Waals surface area contributed by atoms with Crippen molar-refractivity contribution in [1.82, 2.24) is 5.32 Å². The fourth-order valence-corrected chi connectivity index (χ4v) is 2.64. The summed E-state index contributed by atoms with van der Waals surface area (Å²) in [5.41, 5.74) is 0.880. The van der Waals surface area contributed by atoms with Gasteiger partial charge in [-0.15, -0.1) is 0 Å². The van der Waals surface area contributed by atoms with Crippen LogP contribution in [0.15, 0.2) is 36.4 Å². The van der Waals surface area contributed by atoms with Gasteiger partial charge in [0.05, 0.1) is 29.8 Å². The quantitative estimate of drug-likeness (QED) is 0.831. The van der Waals surface area contributed by atoms with Crippen molar-refractivity contribution in [2.45, 2.75) is 6.42 Å². The third kappa shape index (κ3) is 4.59. The normalized spacial score (nSPS) is 12.8. The van der Waals surface area contributed by atoms with Gasteiger partial charge in [-0.25, -0.2) is 0 Å². The largest absolute Gasteiger partial charge is 0.490 e. The van der Waals surface area contributed by atoms with Crippen molar-refractivity contribution in [3.05, 3.63) is 52.0 Å². The number of fused-ring (bicyclic) bond motifs is 1. The molecule has 0 aliphatic carbocycles. The molecule has 3 rings (SSSR count). The lowest BCUT2D eigenvalue weighted by Crippen LogP contribution is -2.32. The molecule has 0 saturated carbocycles. The Hall–Kier alpha value is -2.44. The molecule has 8 heteroatoms. The molecule has 1 aliphatic rings. The predicted octanol–water partition coefficient (Wildman–Crippen LogP) is 3.52. The molecule has 2 aromatic carbocycles.